The van der Waals surface area contributed by atoms with Gasteiger partial charge in [-0.3, -0.25) is 9.59 Å². The molecule has 0 atom stereocenters. The van der Waals surface area contributed by atoms with Gasteiger partial charge in [0.15, 0.2) is 0 Å². The van der Waals surface area contributed by atoms with E-state index in [4.69, 9.17) is 0 Å². The summed E-state index contributed by atoms with van der Waals surface area (Å²) >= 11 is 0. The maximum absolute atomic E-state index is 13.8. The number of carbonyl (C=O) groups is 2. The Bertz CT molecular complexity index is 815. The van der Waals surface area contributed by atoms with E-state index in [1.54, 1.807) is 30.9 Å². The zero-order chi connectivity index (χ0) is 19.4. The molecular weight excluding hydrogens is 345 g/mol. The van der Waals surface area contributed by atoms with Gasteiger partial charge in [-0.15, -0.1) is 0 Å². The van der Waals surface area contributed by atoms with Crippen LogP contribution in [0, 0.1) is 11.2 Å². The van der Waals surface area contributed by atoms with E-state index in [0.29, 0.717) is 26.2 Å². The number of carbonyl (C=O) groups excluding carboxylic acids is 2. The van der Waals surface area contributed by atoms with Crippen molar-refractivity contribution in [1.29, 1.82) is 0 Å². The van der Waals surface area contributed by atoms with Crippen LogP contribution in [-0.2, 0) is 9.59 Å². The molecule has 0 saturated carbocycles. The second-order valence-corrected chi connectivity index (χ2v) is 7.17. The van der Waals surface area contributed by atoms with Gasteiger partial charge in [0.1, 0.15) is 11.2 Å². The Morgan fingerprint density at radius 1 is 0.926 bits per heavy atom. The molecule has 0 aliphatic carbocycles. The van der Waals surface area contributed by atoms with Crippen molar-refractivity contribution in [3.63, 3.8) is 0 Å². The van der Waals surface area contributed by atoms with Gasteiger partial charge in [-0.2, -0.15) is 0 Å². The van der Waals surface area contributed by atoms with Gasteiger partial charge in [0.2, 0.25) is 11.8 Å². The molecule has 6 heteroatoms. The van der Waals surface area contributed by atoms with E-state index < -0.39 is 17.1 Å². The summed E-state index contributed by atoms with van der Waals surface area (Å²) in [7, 11) is 0. The second kappa shape index (κ2) is 7.78. The van der Waals surface area contributed by atoms with E-state index in [2.05, 4.69) is 10.2 Å². The molecule has 1 N–H and O–H groups in total. The Morgan fingerprint density at radius 3 is 2.15 bits per heavy atom. The van der Waals surface area contributed by atoms with E-state index in [1.807, 2.05) is 30.3 Å². The van der Waals surface area contributed by atoms with Gasteiger partial charge in [0.05, 0.1) is 5.69 Å². The minimum absolute atomic E-state index is 0.0808. The Hall–Kier alpha value is -2.89. The number of nitrogens with one attached hydrogen (secondary N) is 1. The zero-order valence-corrected chi connectivity index (χ0v) is 15.6. The number of piperazine rings is 1. The van der Waals surface area contributed by atoms with Crippen LogP contribution in [-0.4, -0.2) is 42.9 Å². The number of anilines is 2. The number of para-hydroxylation sites is 2. The molecule has 1 fully saturated rings. The van der Waals surface area contributed by atoms with Gasteiger partial charge in [0.25, 0.3) is 0 Å². The maximum atomic E-state index is 13.8. The molecule has 1 saturated heterocycles. The van der Waals surface area contributed by atoms with Crippen LogP contribution in [0.3, 0.4) is 0 Å². The molecule has 0 radical (unpaired) electrons. The first-order chi connectivity index (χ1) is 12.9. The molecule has 27 heavy (non-hydrogen) atoms. The van der Waals surface area contributed by atoms with Crippen LogP contribution in [0.1, 0.15) is 13.8 Å². The molecule has 3 rings (SSSR count). The number of hydrogen-bond donors (Lipinski definition) is 1. The first-order valence-electron chi connectivity index (χ1n) is 9.05. The summed E-state index contributed by atoms with van der Waals surface area (Å²) in [6, 6.07) is 16.0. The average molecular weight is 369 g/mol. The second-order valence-electron chi connectivity index (χ2n) is 7.17. The van der Waals surface area contributed by atoms with Gasteiger partial charge in [-0.1, -0.05) is 30.3 Å². The fourth-order valence-corrected chi connectivity index (χ4v) is 3.14. The van der Waals surface area contributed by atoms with Crippen molar-refractivity contribution in [3.05, 3.63) is 60.4 Å². The molecule has 1 aliphatic heterocycles. The monoisotopic (exact) mass is 369 g/mol. The fourth-order valence-electron chi connectivity index (χ4n) is 3.14. The SMILES string of the molecule is CC(C)(C(=O)Nc1ccccc1F)C(=O)N1CCN(c2ccccc2)CC1. The van der Waals surface area contributed by atoms with Crippen molar-refractivity contribution in [1.82, 2.24) is 4.90 Å². The van der Waals surface area contributed by atoms with E-state index >= 15 is 0 Å². The van der Waals surface area contributed by atoms with Crippen LogP contribution in [0.5, 0.6) is 0 Å². The van der Waals surface area contributed by atoms with Crippen molar-refractivity contribution in [2.24, 2.45) is 5.41 Å². The highest BCUT2D eigenvalue weighted by Crippen LogP contribution is 2.25. The molecule has 0 aromatic heterocycles. The largest absolute Gasteiger partial charge is 0.368 e. The van der Waals surface area contributed by atoms with E-state index in [1.165, 1.54) is 12.1 Å². The van der Waals surface area contributed by atoms with Gasteiger partial charge in [-0.05, 0) is 38.1 Å². The average Bonchev–Trinajstić information content (AvgIpc) is 2.70. The molecule has 142 valence electrons. The van der Waals surface area contributed by atoms with Gasteiger partial charge >= 0.3 is 0 Å². The summed E-state index contributed by atoms with van der Waals surface area (Å²) in [5.74, 6) is -1.28. The molecule has 1 heterocycles. The Morgan fingerprint density at radius 2 is 1.52 bits per heavy atom. The minimum atomic E-state index is -1.28. The lowest BCUT2D eigenvalue weighted by atomic mass is 9.89. The Kier molecular flexibility index (Phi) is 5.44. The lowest BCUT2D eigenvalue weighted by Gasteiger charge is -2.39. The molecule has 0 spiro atoms. The molecule has 0 unspecified atom stereocenters. The van der Waals surface area contributed by atoms with Crippen molar-refractivity contribution in [3.8, 4) is 0 Å². The van der Waals surface area contributed by atoms with Crippen LogP contribution in [0.4, 0.5) is 15.8 Å². The number of amides is 2. The van der Waals surface area contributed by atoms with E-state index in [9.17, 15) is 14.0 Å². The first-order valence-corrected chi connectivity index (χ1v) is 9.05. The van der Waals surface area contributed by atoms with Gasteiger partial charge < -0.3 is 15.1 Å². The number of benzene rings is 2. The predicted octanol–water partition coefficient (Wildman–Crippen LogP) is 3.14. The Labute approximate surface area is 158 Å². The normalized spacial score (nSPS) is 14.8. The molecule has 2 aromatic carbocycles. The highest BCUT2D eigenvalue weighted by atomic mass is 19.1. The predicted molar refractivity (Wildman–Crippen MR) is 104 cm³/mol. The molecule has 1 aliphatic rings. The maximum Gasteiger partial charge on any atom is 0.239 e. The van der Waals surface area contributed by atoms with Crippen LogP contribution in [0.2, 0.25) is 0 Å². The number of nitrogens with zero attached hydrogens (tertiary/aromatic N) is 2. The molecule has 2 aromatic rings. The lowest BCUT2D eigenvalue weighted by molar-refractivity contribution is -0.146. The van der Waals surface area contributed by atoms with Crippen LogP contribution < -0.4 is 10.2 Å². The highest BCUT2D eigenvalue weighted by Gasteiger charge is 2.40. The molecule has 0 bridgehead atoms. The standard InChI is InChI=1S/C21H24FN3O2/c1-21(2,19(26)23-18-11-7-6-10-17(18)22)20(27)25-14-12-24(13-15-25)16-8-4-3-5-9-16/h3-11H,12-15H2,1-2H3,(H,23,26). The van der Waals surface area contributed by atoms with Crippen LogP contribution >= 0.6 is 0 Å². The van der Waals surface area contributed by atoms with E-state index in [0.717, 1.165) is 5.69 Å². The smallest absolute Gasteiger partial charge is 0.239 e. The third-order valence-corrected chi connectivity index (χ3v) is 4.91. The van der Waals surface area contributed by atoms with Crippen molar-refractivity contribution < 1.29 is 14.0 Å². The quantitative estimate of drug-likeness (QED) is 0.843. The molecule has 2 amide bonds. The number of halogens is 1. The summed E-state index contributed by atoms with van der Waals surface area (Å²) in [5, 5.41) is 2.53. The van der Waals surface area contributed by atoms with Crippen molar-refractivity contribution >= 4 is 23.2 Å². The van der Waals surface area contributed by atoms with Gasteiger partial charge in [0, 0.05) is 31.9 Å². The van der Waals surface area contributed by atoms with Crippen LogP contribution in [0.25, 0.3) is 0 Å². The highest BCUT2D eigenvalue weighted by molar-refractivity contribution is 6.09. The number of rotatable bonds is 4. The summed E-state index contributed by atoms with van der Waals surface area (Å²) in [6.45, 7) is 5.67. The molecular formula is C21H24FN3O2. The third-order valence-electron chi connectivity index (χ3n) is 4.91. The third kappa shape index (κ3) is 4.10. The Balaban J connectivity index is 1.62. The minimum Gasteiger partial charge on any atom is -0.368 e. The summed E-state index contributed by atoms with van der Waals surface area (Å²) in [4.78, 5) is 29.5. The zero-order valence-electron chi connectivity index (χ0n) is 15.6. The van der Waals surface area contributed by atoms with E-state index in [-0.39, 0.29) is 11.6 Å². The van der Waals surface area contributed by atoms with Crippen molar-refractivity contribution in [2.45, 2.75) is 13.8 Å². The van der Waals surface area contributed by atoms with Crippen molar-refractivity contribution in [2.75, 3.05) is 36.4 Å². The number of hydrogen-bond acceptors (Lipinski definition) is 3. The van der Waals surface area contributed by atoms with Gasteiger partial charge in [-0.25, -0.2) is 4.39 Å². The summed E-state index contributed by atoms with van der Waals surface area (Å²) in [6.07, 6.45) is 0. The summed E-state index contributed by atoms with van der Waals surface area (Å²) in [5.41, 5.74) is -0.0737. The lowest BCUT2D eigenvalue weighted by Crippen LogP contribution is -2.54. The molecule has 5 nitrogen and oxygen atoms in total. The fraction of sp³-hybridized carbons (Fsp3) is 0.333. The summed E-state index contributed by atoms with van der Waals surface area (Å²) < 4.78 is 13.8. The first kappa shape index (κ1) is 18.9. The topological polar surface area (TPSA) is 52.7 Å². The van der Waals surface area contributed by atoms with Crippen LogP contribution in [0.15, 0.2) is 54.6 Å².